The molecule has 1 rings (SSSR count). The average molecular weight is 259 g/mol. The monoisotopic (exact) mass is 259 g/mol. The third-order valence-corrected chi connectivity index (χ3v) is 3.13. The number of hydrogen-bond acceptors (Lipinski definition) is 4. The minimum atomic E-state index is -3.39. The van der Waals surface area contributed by atoms with Gasteiger partial charge in [0.2, 0.25) is 0 Å². The maximum atomic E-state index is 11.2. The Morgan fingerprint density at radius 3 is 2.47 bits per heavy atom. The van der Waals surface area contributed by atoms with Gasteiger partial charge in [-0.05, 0) is 24.3 Å². The van der Waals surface area contributed by atoms with Crippen molar-refractivity contribution in [2.24, 2.45) is 0 Å². The molecule has 1 aromatic rings. The Bertz CT molecular complexity index is 431. The Morgan fingerprint density at radius 2 is 1.88 bits per heavy atom. The fraction of sp³-hybridized carbons (Fsp3) is 0.400. The van der Waals surface area contributed by atoms with Crippen LogP contribution in [0.2, 0.25) is 0 Å². The highest BCUT2D eigenvalue weighted by molar-refractivity contribution is 7.87. The third-order valence-electron chi connectivity index (χ3n) is 1.88. The van der Waals surface area contributed by atoms with Crippen LogP contribution in [0.3, 0.4) is 0 Å². The van der Waals surface area contributed by atoms with Gasteiger partial charge in [-0.2, -0.15) is 13.1 Å². The number of rotatable bonds is 7. The molecule has 96 valence electrons. The summed E-state index contributed by atoms with van der Waals surface area (Å²) in [5, 5.41) is 0. The molecule has 0 amide bonds. The maximum Gasteiger partial charge on any atom is 0.277 e. The van der Waals surface area contributed by atoms with Crippen LogP contribution in [0, 0.1) is 0 Å². The minimum absolute atomic E-state index is 0.208. The Hall–Kier alpha value is -1.31. The van der Waals surface area contributed by atoms with Crippen molar-refractivity contribution in [1.82, 2.24) is 9.44 Å². The van der Waals surface area contributed by atoms with Gasteiger partial charge < -0.3 is 10.5 Å². The quantitative estimate of drug-likeness (QED) is 0.478. The lowest BCUT2D eigenvalue weighted by molar-refractivity contribution is 0.322. The summed E-state index contributed by atoms with van der Waals surface area (Å²) in [7, 11) is -3.39. The van der Waals surface area contributed by atoms with Crippen molar-refractivity contribution in [2.45, 2.75) is 6.92 Å². The first-order chi connectivity index (χ1) is 8.03. The topological polar surface area (TPSA) is 93.5 Å². The molecule has 0 aliphatic heterocycles. The third kappa shape index (κ3) is 5.53. The van der Waals surface area contributed by atoms with Crippen LogP contribution in [-0.2, 0) is 10.2 Å². The van der Waals surface area contributed by atoms with E-state index in [4.69, 9.17) is 10.5 Å². The van der Waals surface area contributed by atoms with Crippen LogP contribution < -0.4 is 19.9 Å². The van der Waals surface area contributed by atoms with Gasteiger partial charge in [-0.3, -0.25) is 0 Å². The second kappa shape index (κ2) is 6.43. The standard InChI is InChI=1S/C10H17N3O3S/c1-2-12-17(14,15)13-7-8-16-10-5-3-9(11)4-6-10/h3-6,12-13H,2,7-8,11H2,1H3. The van der Waals surface area contributed by atoms with Crippen LogP contribution in [0.25, 0.3) is 0 Å². The van der Waals surface area contributed by atoms with E-state index in [0.717, 1.165) is 0 Å². The summed E-state index contributed by atoms with van der Waals surface area (Å²) in [4.78, 5) is 0. The molecule has 6 nitrogen and oxygen atoms in total. The fourth-order valence-electron chi connectivity index (χ4n) is 1.15. The Labute approximate surface area is 101 Å². The van der Waals surface area contributed by atoms with Gasteiger partial charge in [-0.25, -0.2) is 4.72 Å². The van der Waals surface area contributed by atoms with Crippen molar-refractivity contribution in [2.75, 3.05) is 25.4 Å². The number of nitrogens with two attached hydrogens (primary N) is 1. The number of ether oxygens (including phenoxy) is 1. The Morgan fingerprint density at radius 1 is 1.24 bits per heavy atom. The molecule has 0 aromatic heterocycles. The van der Waals surface area contributed by atoms with E-state index in [9.17, 15) is 8.42 Å². The van der Waals surface area contributed by atoms with Crippen molar-refractivity contribution < 1.29 is 13.2 Å². The second-order valence-electron chi connectivity index (χ2n) is 3.31. The largest absolute Gasteiger partial charge is 0.492 e. The lowest BCUT2D eigenvalue weighted by Crippen LogP contribution is -2.38. The molecule has 0 radical (unpaired) electrons. The van der Waals surface area contributed by atoms with E-state index in [1.807, 2.05) is 0 Å². The molecular weight excluding hydrogens is 242 g/mol. The number of benzene rings is 1. The molecule has 0 spiro atoms. The summed E-state index contributed by atoms with van der Waals surface area (Å²) in [6.07, 6.45) is 0. The first-order valence-electron chi connectivity index (χ1n) is 5.26. The molecule has 0 bridgehead atoms. The van der Waals surface area contributed by atoms with Crippen molar-refractivity contribution in [1.29, 1.82) is 0 Å². The zero-order valence-corrected chi connectivity index (χ0v) is 10.5. The Balaban J connectivity index is 2.27. The van der Waals surface area contributed by atoms with E-state index in [-0.39, 0.29) is 13.2 Å². The number of nitrogens with one attached hydrogen (secondary N) is 2. The molecule has 0 aliphatic carbocycles. The number of hydrogen-bond donors (Lipinski definition) is 3. The van der Waals surface area contributed by atoms with Crippen LogP contribution in [0.4, 0.5) is 5.69 Å². The normalized spacial score (nSPS) is 11.4. The van der Waals surface area contributed by atoms with Crippen LogP contribution in [0.5, 0.6) is 5.75 Å². The summed E-state index contributed by atoms with van der Waals surface area (Å²) in [6, 6.07) is 6.90. The Kier molecular flexibility index (Phi) is 5.20. The van der Waals surface area contributed by atoms with Gasteiger partial charge in [0.1, 0.15) is 12.4 Å². The lowest BCUT2D eigenvalue weighted by atomic mass is 10.3. The van der Waals surface area contributed by atoms with E-state index >= 15 is 0 Å². The summed E-state index contributed by atoms with van der Waals surface area (Å²) >= 11 is 0. The highest BCUT2D eigenvalue weighted by atomic mass is 32.2. The van der Waals surface area contributed by atoms with Gasteiger partial charge in [-0.15, -0.1) is 0 Å². The molecule has 1 aromatic carbocycles. The first-order valence-corrected chi connectivity index (χ1v) is 6.74. The molecule has 4 N–H and O–H groups in total. The number of anilines is 1. The molecule has 0 unspecified atom stereocenters. The fourth-order valence-corrected chi connectivity index (χ4v) is 1.98. The van der Waals surface area contributed by atoms with Gasteiger partial charge in [0.25, 0.3) is 10.2 Å². The van der Waals surface area contributed by atoms with Crippen LogP contribution in [-0.4, -0.2) is 28.1 Å². The first kappa shape index (κ1) is 13.8. The van der Waals surface area contributed by atoms with Gasteiger partial charge >= 0.3 is 0 Å². The summed E-state index contributed by atoms with van der Waals surface area (Å²) in [5.74, 6) is 0.654. The zero-order chi connectivity index (χ0) is 12.7. The van der Waals surface area contributed by atoms with Crippen molar-refractivity contribution in [3.05, 3.63) is 24.3 Å². The highest BCUT2D eigenvalue weighted by Crippen LogP contribution is 2.12. The van der Waals surface area contributed by atoms with Crippen molar-refractivity contribution >= 4 is 15.9 Å². The molecule has 0 atom stereocenters. The van der Waals surface area contributed by atoms with Gasteiger partial charge in [0.15, 0.2) is 0 Å². The summed E-state index contributed by atoms with van der Waals surface area (Å²) in [5.41, 5.74) is 6.17. The van der Waals surface area contributed by atoms with Gasteiger partial charge in [0, 0.05) is 18.8 Å². The predicted octanol–water partition coefficient (Wildman–Crippen LogP) is 0.0915. The molecule has 0 fully saturated rings. The number of nitrogen functional groups attached to an aromatic ring is 1. The van der Waals surface area contributed by atoms with Gasteiger partial charge in [-0.1, -0.05) is 6.92 Å². The molecular formula is C10H17N3O3S. The van der Waals surface area contributed by atoms with Crippen molar-refractivity contribution in [3.8, 4) is 5.75 Å². The van der Waals surface area contributed by atoms with E-state index in [2.05, 4.69) is 9.44 Å². The molecule has 7 heteroatoms. The molecule has 0 heterocycles. The van der Waals surface area contributed by atoms with Crippen LogP contribution in [0.1, 0.15) is 6.92 Å². The van der Waals surface area contributed by atoms with E-state index in [0.29, 0.717) is 18.0 Å². The maximum absolute atomic E-state index is 11.2. The zero-order valence-electron chi connectivity index (χ0n) is 9.64. The van der Waals surface area contributed by atoms with E-state index in [1.165, 1.54) is 0 Å². The minimum Gasteiger partial charge on any atom is -0.492 e. The smallest absolute Gasteiger partial charge is 0.277 e. The van der Waals surface area contributed by atoms with Crippen molar-refractivity contribution in [3.63, 3.8) is 0 Å². The summed E-state index contributed by atoms with van der Waals surface area (Å²) < 4.78 is 32.4. The molecule has 0 aliphatic rings. The molecule has 0 saturated carbocycles. The highest BCUT2D eigenvalue weighted by Gasteiger charge is 2.05. The van der Waals surface area contributed by atoms with E-state index < -0.39 is 10.2 Å². The second-order valence-corrected chi connectivity index (χ2v) is 4.90. The van der Waals surface area contributed by atoms with Crippen LogP contribution >= 0.6 is 0 Å². The summed E-state index contributed by atoms with van der Waals surface area (Å²) in [6.45, 7) is 2.53. The lowest BCUT2D eigenvalue weighted by Gasteiger charge is -2.08. The van der Waals surface area contributed by atoms with Crippen LogP contribution in [0.15, 0.2) is 24.3 Å². The molecule has 0 saturated heterocycles. The molecule has 17 heavy (non-hydrogen) atoms. The van der Waals surface area contributed by atoms with E-state index in [1.54, 1.807) is 31.2 Å². The predicted molar refractivity (Wildman–Crippen MR) is 66.9 cm³/mol. The van der Waals surface area contributed by atoms with Gasteiger partial charge in [0.05, 0.1) is 0 Å². The SMILES string of the molecule is CCNS(=O)(=O)NCCOc1ccc(N)cc1. The average Bonchev–Trinajstić information content (AvgIpc) is 2.27.